The first-order valence-electron chi connectivity index (χ1n) is 8.15. The summed E-state index contributed by atoms with van der Waals surface area (Å²) < 4.78 is 6.34. The molecule has 3 rings (SSSR count). The lowest BCUT2D eigenvalue weighted by Crippen LogP contribution is -2.29. The van der Waals surface area contributed by atoms with E-state index >= 15 is 0 Å². The summed E-state index contributed by atoms with van der Waals surface area (Å²) in [6, 6.07) is 9.12. The third kappa shape index (κ3) is 4.90. The average Bonchev–Trinajstić information content (AvgIpc) is 3.06. The summed E-state index contributed by atoms with van der Waals surface area (Å²) in [5, 5.41) is 5.75. The number of benzene rings is 1. The van der Waals surface area contributed by atoms with Crippen LogP contribution in [0.2, 0.25) is 0 Å². The molecular weight excluding hydrogens is 404 g/mol. The second-order valence-electron chi connectivity index (χ2n) is 5.73. The predicted molar refractivity (Wildman–Crippen MR) is 101 cm³/mol. The minimum Gasteiger partial charge on any atom is -0.376 e. The van der Waals surface area contributed by atoms with Crippen molar-refractivity contribution in [3.8, 4) is 0 Å². The number of ether oxygens (including phenoxy) is 1. The minimum atomic E-state index is -0.107. The van der Waals surface area contributed by atoms with Gasteiger partial charge in [0.1, 0.15) is 0 Å². The molecule has 1 aromatic heterocycles. The first-order chi connectivity index (χ1) is 12.1. The first kappa shape index (κ1) is 18.1. The molecule has 1 aliphatic rings. The second-order valence-corrected chi connectivity index (χ2v) is 7.79. The predicted octanol–water partition coefficient (Wildman–Crippen LogP) is 3.13. The summed E-state index contributed by atoms with van der Waals surface area (Å²) in [4.78, 5) is 26.1. The Morgan fingerprint density at radius 1 is 1.12 bits per heavy atom. The van der Waals surface area contributed by atoms with Gasteiger partial charge in [0.05, 0.1) is 18.1 Å². The van der Waals surface area contributed by atoms with Crippen molar-refractivity contribution < 1.29 is 14.3 Å². The lowest BCUT2D eigenvalue weighted by atomic mass is 10.2. The fourth-order valence-corrected chi connectivity index (χ4v) is 3.87. The number of carbonyl (C=O) groups excluding carboxylic acids is 2. The Morgan fingerprint density at radius 2 is 1.84 bits per heavy atom. The van der Waals surface area contributed by atoms with Gasteiger partial charge in [0.25, 0.3) is 11.8 Å². The molecule has 7 heteroatoms. The maximum atomic E-state index is 12.2. The van der Waals surface area contributed by atoms with Crippen molar-refractivity contribution in [1.29, 1.82) is 0 Å². The number of rotatable bonds is 6. The van der Waals surface area contributed by atoms with Crippen LogP contribution in [0.25, 0.3) is 0 Å². The minimum absolute atomic E-state index is 0.0568. The van der Waals surface area contributed by atoms with E-state index < -0.39 is 0 Å². The van der Waals surface area contributed by atoms with Gasteiger partial charge < -0.3 is 15.4 Å². The van der Waals surface area contributed by atoms with Gasteiger partial charge in [-0.1, -0.05) is 15.9 Å². The molecule has 0 saturated carbocycles. The maximum absolute atomic E-state index is 12.2. The Balaban J connectivity index is 1.38. The Kier molecular flexibility index (Phi) is 6.23. The zero-order valence-electron chi connectivity index (χ0n) is 13.6. The number of thiophene rings is 1. The molecule has 0 fully saturated rings. The van der Waals surface area contributed by atoms with Gasteiger partial charge in [0.15, 0.2) is 0 Å². The monoisotopic (exact) mass is 422 g/mol. The SMILES string of the molecule is O=C(NCCCNC(=O)c1cc2c(s1)CCOC2)c1ccc(Br)cc1. The first-order valence-corrected chi connectivity index (χ1v) is 9.76. The van der Waals surface area contributed by atoms with E-state index in [1.165, 1.54) is 4.88 Å². The number of fused-ring (bicyclic) bond motifs is 1. The van der Waals surface area contributed by atoms with Crippen LogP contribution in [0.3, 0.4) is 0 Å². The third-order valence-electron chi connectivity index (χ3n) is 3.88. The Bertz CT molecular complexity index is 735. The molecule has 25 heavy (non-hydrogen) atoms. The number of halogens is 1. The summed E-state index contributed by atoms with van der Waals surface area (Å²) >= 11 is 4.89. The van der Waals surface area contributed by atoms with Crippen LogP contribution in [0.4, 0.5) is 0 Å². The van der Waals surface area contributed by atoms with Gasteiger partial charge in [-0.05, 0) is 42.3 Å². The van der Waals surface area contributed by atoms with Crippen molar-refractivity contribution in [1.82, 2.24) is 10.6 Å². The van der Waals surface area contributed by atoms with Crippen molar-refractivity contribution >= 4 is 39.1 Å². The van der Waals surface area contributed by atoms with Gasteiger partial charge in [-0.3, -0.25) is 9.59 Å². The van der Waals surface area contributed by atoms with Crippen molar-refractivity contribution in [2.75, 3.05) is 19.7 Å². The van der Waals surface area contributed by atoms with Crippen molar-refractivity contribution in [2.24, 2.45) is 0 Å². The highest BCUT2D eigenvalue weighted by atomic mass is 79.9. The Labute approximate surface area is 158 Å². The number of hydrogen-bond donors (Lipinski definition) is 2. The summed E-state index contributed by atoms with van der Waals surface area (Å²) in [7, 11) is 0. The number of carbonyl (C=O) groups is 2. The normalized spacial score (nSPS) is 13.2. The highest BCUT2D eigenvalue weighted by Gasteiger charge is 2.17. The fourth-order valence-electron chi connectivity index (χ4n) is 2.54. The topological polar surface area (TPSA) is 67.4 Å². The molecule has 0 atom stereocenters. The molecular formula is C18H19BrN2O3S. The molecule has 1 aliphatic heterocycles. The van der Waals surface area contributed by atoms with Crippen LogP contribution in [0.5, 0.6) is 0 Å². The number of amides is 2. The van der Waals surface area contributed by atoms with Crippen LogP contribution in [0.1, 0.15) is 36.9 Å². The van der Waals surface area contributed by atoms with Crippen molar-refractivity contribution in [3.05, 3.63) is 55.7 Å². The van der Waals surface area contributed by atoms with E-state index in [4.69, 9.17) is 4.74 Å². The van der Waals surface area contributed by atoms with E-state index in [0.717, 1.165) is 27.9 Å². The van der Waals surface area contributed by atoms with Gasteiger partial charge in [-0.25, -0.2) is 0 Å². The summed E-state index contributed by atoms with van der Waals surface area (Å²) in [5.74, 6) is -0.164. The van der Waals surface area contributed by atoms with Crippen LogP contribution in [0, 0.1) is 0 Å². The number of hydrogen-bond acceptors (Lipinski definition) is 4. The molecule has 132 valence electrons. The molecule has 0 bridgehead atoms. The molecule has 0 spiro atoms. The lowest BCUT2D eigenvalue weighted by Gasteiger charge is -2.10. The molecule has 5 nitrogen and oxygen atoms in total. The lowest BCUT2D eigenvalue weighted by molar-refractivity contribution is 0.0953. The molecule has 2 amide bonds. The zero-order valence-corrected chi connectivity index (χ0v) is 16.0. The molecule has 2 N–H and O–H groups in total. The van der Waals surface area contributed by atoms with E-state index in [9.17, 15) is 9.59 Å². The van der Waals surface area contributed by atoms with Crippen LogP contribution < -0.4 is 10.6 Å². The third-order valence-corrected chi connectivity index (χ3v) is 5.65. The number of nitrogens with one attached hydrogen (secondary N) is 2. The Morgan fingerprint density at radius 3 is 2.56 bits per heavy atom. The van der Waals surface area contributed by atoms with E-state index in [2.05, 4.69) is 26.6 Å². The van der Waals surface area contributed by atoms with Crippen LogP contribution >= 0.6 is 27.3 Å². The van der Waals surface area contributed by atoms with E-state index in [1.807, 2.05) is 18.2 Å². The highest BCUT2D eigenvalue weighted by molar-refractivity contribution is 9.10. The smallest absolute Gasteiger partial charge is 0.261 e. The van der Waals surface area contributed by atoms with Gasteiger partial charge in [0, 0.05) is 34.4 Å². The summed E-state index contributed by atoms with van der Waals surface area (Å²) in [5.41, 5.74) is 1.75. The van der Waals surface area contributed by atoms with Gasteiger partial charge in [-0.15, -0.1) is 11.3 Å². The fraction of sp³-hybridized carbons (Fsp3) is 0.333. The maximum Gasteiger partial charge on any atom is 0.261 e. The molecule has 0 aliphatic carbocycles. The molecule has 0 radical (unpaired) electrons. The van der Waals surface area contributed by atoms with Gasteiger partial charge >= 0.3 is 0 Å². The standard InChI is InChI=1S/C18H19BrN2O3S/c19-14-4-2-12(3-5-14)17(22)20-7-1-8-21-18(23)16-10-13-11-24-9-6-15(13)25-16/h2-5,10H,1,6-9,11H2,(H,20,22)(H,21,23). The Hall–Kier alpha value is -1.70. The van der Waals surface area contributed by atoms with E-state index in [1.54, 1.807) is 23.5 Å². The molecule has 2 heterocycles. The van der Waals surface area contributed by atoms with Gasteiger partial charge in [0.2, 0.25) is 0 Å². The van der Waals surface area contributed by atoms with Crippen LogP contribution in [0.15, 0.2) is 34.8 Å². The summed E-state index contributed by atoms with van der Waals surface area (Å²) in [6.07, 6.45) is 1.57. The van der Waals surface area contributed by atoms with E-state index in [0.29, 0.717) is 31.7 Å². The van der Waals surface area contributed by atoms with Crippen LogP contribution in [-0.2, 0) is 17.8 Å². The van der Waals surface area contributed by atoms with Crippen LogP contribution in [-0.4, -0.2) is 31.5 Å². The van der Waals surface area contributed by atoms with E-state index in [-0.39, 0.29) is 11.8 Å². The second kappa shape index (κ2) is 8.60. The largest absolute Gasteiger partial charge is 0.376 e. The highest BCUT2D eigenvalue weighted by Crippen LogP contribution is 2.26. The van der Waals surface area contributed by atoms with Crippen molar-refractivity contribution in [2.45, 2.75) is 19.4 Å². The quantitative estimate of drug-likeness (QED) is 0.702. The molecule has 0 saturated heterocycles. The zero-order chi connectivity index (χ0) is 17.6. The molecule has 2 aromatic rings. The van der Waals surface area contributed by atoms with Gasteiger partial charge in [-0.2, -0.15) is 0 Å². The summed E-state index contributed by atoms with van der Waals surface area (Å²) in [6.45, 7) is 2.37. The van der Waals surface area contributed by atoms with Crippen molar-refractivity contribution in [3.63, 3.8) is 0 Å². The molecule has 0 unspecified atom stereocenters. The average molecular weight is 423 g/mol. The molecule has 1 aromatic carbocycles.